The standard InChI is InChI=1S/C30H26N6O14S4.4K/c1-18(4-8-21-23(12-14-31-2)33-35(29(21)37)25-16-19(51-49-47-39)6-10-27(25)53(41,42)43)5-9-22-24(13-15-32-3)34-36(30(22)38)26-17-20(52-50-48-40)7-11-28(26)54(44,45)46;;;;/h4-11,16-17,31-33,39-40H,1-3H3,(H,41,42,43)(H,44,45,46);;;;/q;4*+1/p-4/b8-4?,18-5?,22-9-;;;;. The molecular formula is C30H22K4N6O14S4. The van der Waals surface area contributed by atoms with Gasteiger partial charge in [-0.1, -0.05) is 17.7 Å². The van der Waals surface area contributed by atoms with Crippen LogP contribution in [0.15, 0.2) is 95.3 Å². The van der Waals surface area contributed by atoms with Crippen LogP contribution >= 0.6 is 24.1 Å². The number of aromatic amines is 1. The SMILES string of the molecule is CNC#CC1=NN(c2cc(SOO[O-])ccc2S(=O)(=O)[O-])C(=O)/C1=C\C=C(C)C=Cc1c(C#CNC)[nH]n(-c2cc(SOO[O-])ccc2S(=O)(=O)[O-])c1=O.[K+].[K+].[K+].[K+]. The Bertz CT molecular complexity index is 2510. The number of hydrogen-bond donors (Lipinski definition) is 3. The number of hydrogen-bond acceptors (Lipinski definition) is 19. The zero-order chi connectivity index (χ0) is 39.6. The van der Waals surface area contributed by atoms with Gasteiger partial charge in [-0.2, -0.15) is 18.8 Å². The first-order valence-corrected chi connectivity index (χ1v) is 18.6. The van der Waals surface area contributed by atoms with Crippen LogP contribution in [0.2, 0.25) is 0 Å². The van der Waals surface area contributed by atoms with Crippen LogP contribution in [0.25, 0.3) is 11.8 Å². The van der Waals surface area contributed by atoms with E-state index in [1.54, 1.807) is 6.92 Å². The molecule has 20 nitrogen and oxygen atoms in total. The summed E-state index contributed by atoms with van der Waals surface area (Å²) in [6.07, 6.45) is 5.47. The molecule has 4 rings (SSSR count). The molecule has 1 aliphatic rings. The van der Waals surface area contributed by atoms with Crippen molar-refractivity contribution in [2.24, 2.45) is 5.10 Å². The van der Waals surface area contributed by atoms with Crippen molar-refractivity contribution in [1.29, 1.82) is 0 Å². The van der Waals surface area contributed by atoms with Crippen molar-refractivity contribution in [2.75, 3.05) is 19.1 Å². The largest absolute Gasteiger partial charge is 1.00 e. The van der Waals surface area contributed by atoms with Crippen molar-refractivity contribution in [1.82, 2.24) is 20.4 Å². The van der Waals surface area contributed by atoms with Crippen molar-refractivity contribution >= 4 is 67.7 Å². The zero-order valence-electron chi connectivity index (χ0n) is 31.5. The van der Waals surface area contributed by atoms with Crippen molar-refractivity contribution in [3.63, 3.8) is 0 Å². The second-order valence-corrected chi connectivity index (χ2v) is 14.3. The number of hydrazone groups is 1. The topological polar surface area (TPSA) is 292 Å². The second-order valence-electron chi connectivity index (χ2n) is 10.0. The van der Waals surface area contributed by atoms with Gasteiger partial charge in [0.2, 0.25) is 0 Å². The Hall–Kier alpha value is 1.36. The number of amides is 1. The Morgan fingerprint density at radius 2 is 1.36 bits per heavy atom. The van der Waals surface area contributed by atoms with Gasteiger partial charge in [-0.05, 0) is 67.3 Å². The quantitative estimate of drug-likeness (QED) is 0.0165. The van der Waals surface area contributed by atoms with Gasteiger partial charge >= 0.3 is 206 Å². The fourth-order valence-corrected chi connectivity index (χ4v) is 6.45. The summed E-state index contributed by atoms with van der Waals surface area (Å²) in [5.74, 6) is 4.37. The predicted octanol–water partition coefficient (Wildman–Crippen LogP) is -12.6. The van der Waals surface area contributed by atoms with Gasteiger partial charge in [-0.25, -0.2) is 21.5 Å². The minimum absolute atomic E-state index is 0. The first-order chi connectivity index (χ1) is 25.6. The Kier molecular flexibility index (Phi) is 29.0. The molecule has 2 aromatic carbocycles. The minimum Gasteiger partial charge on any atom is -0.744 e. The van der Waals surface area contributed by atoms with E-state index in [2.05, 4.69) is 63.5 Å². The molecule has 1 aromatic heterocycles. The van der Waals surface area contributed by atoms with Gasteiger partial charge in [-0.15, -0.1) is 0 Å². The van der Waals surface area contributed by atoms with Crippen LogP contribution in [0.3, 0.4) is 0 Å². The summed E-state index contributed by atoms with van der Waals surface area (Å²) in [4.78, 5) is 25.8. The average Bonchev–Trinajstić information content (AvgIpc) is 3.62. The molecule has 0 spiro atoms. The third-order valence-corrected chi connectivity index (χ3v) is 9.54. The molecule has 3 N–H and O–H groups in total. The van der Waals surface area contributed by atoms with Crippen LogP contribution < -0.4 is 237 Å². The van der Waals surface area contributed by atoms with E-state index >= 15 is 0 Å². The smallest absolute Gasteiger partial charge is 0.744 e. The minimum atomic E-state index is -5.14. The first-order valence-electron chi connectivity index (χ1n) is 14.3. The third kappa shape index (κ3) is 16.4. The monoisotopic (exact) mass is 974 g/mol. The van der Waals surface area contributed by atoms with E-state index in [9.17, 15) is 46.0 Å². The fraction of sp³-hybridized carbons (Fsp3) is 0.100. The summed E-state index contributed by atoms with van der Waals surface area (Å²) in [6, 6.07) is 11.3. The van der Waals surface area contributed by atoms with Gasteiger partial charge in [0.05, 0.1) is 56.4 Å². The summed E-state index contributed by atoms with van der Waals surface area (Å²) in [6.45, 7) is 1.58. The van der Waals surface area contributed by atoms with Crippen LogP contribution in [0.4, 0.5) is 5.69 Å². The molecule has 0 radical (unpaired) electrons. The number of carbonyl (C=O) groups is 1. The average molecular weight is 975 g/mol. The summed E-state index contributed by atoms with van der Waals surface area (Å²) in [7, 11) is -7.29. The van der Waals surface area contributed by atoms with E-state index in [0.717, 1.165) is 41.1 Å². The van der Waals surface area contributed by atoms with E-state index in [0.29, 0.717) is 34.7 Å². The molecule has 0 atom stereocenters. The van der Waals surface area contributed by atoms with Crippen molar-refractivity contribution in [3.05, 3.63) is 87.4 Å². The molecule has 0 aliphatic carbocycles. The molecule has 1 amide bonds. The maximum Gasteiger partial charge on any atom is 1.00 e. The Balaban J connectivity index is 0.00000812. The van der Waals surface area contributed by atoms with Gasteiger partial charge in [0.25, 0.3) is 11.5 Å². The van der Waals surface area contributed by atoms with Crippen LogP contribution in [0, 0.1) is 23.9 Å². The van der Waals surface area contributed by atoms with Crippen molar-refractivity contribution in [3.8, 4) is 29.6 Å². The number of allylic oxidation sites excluding steroid dienone is 4. The zero-order valence-corrected chi connectivity index (χ0v) is 47.2. The maximum absolute atomic E-state index is 13.6. The number of benzene rings is 2. The normalized spacial score (nSPS) is 13.2. The maximum atomic E-state index is 13.6. The van der Waals surface area contributed by atoms with Gasteiger partial charge < -0.3 is 30.3 Å². The van der Waals surface area contributed by atoms with E-state index in [-0.39, 0.29) is 238 Å². The number of aromatic nitrogens is 2. The van der Waals surface area contributed by atoms with E-state index in [1.807, 2.05) is 0 Å². The van der Waals surface area contributed by atoms with E-state index in [4.69, 9.17) is 0 Å². The molecule has 0 bridgehead atoms. The molecule has 0 fully saturated rings. The molecule has 3 aromatic rings. The van der Waals surface area contributed by atoms with Gasteiger partial charge in [-0.3, -0.25) is 24.8 Å². The molecule has 1 aliphatic heterocycles. The predicted molar refractivity (Wildman–Crippen MR) is 183 cm³/mol. The third-order valence-electron chi connectivity index (χ3n) is 6.63. The van der Waals surface area contributed by atoms with Gasteiger partial charge in [0, 0.05) is 36.0 Å². The van der Waals surface area contributed by atoms with Gasteiger partial charge in [0.1, 0.15) is 31.6 Å². The number of rotatable bonds is 13. The van der Waals surface area contributed by atoms with Crippen LogP contribution in [0.5, 0.6) is 0 Å². The molecule has 0 unspecified atom stereocenters. The molecule has 2 heterocycles. The fourth-order valence-electron chi connectivity index (χ4n) is 4.39. The molecule has 58 heavy (non-hydrogen) atoms. The molecule has 0 saturated heterocycles. The summed E-state index contributed by atoms with van der Waals surface area (Å²) >= 11 is 0.754. The van der Waals surface area contributed by atoms with Crippen molar-refractivity contribution < 1.29 is 266 Å². The molecule has 284 valence electrons. The number of nitrogens with one attached hydrogen (secondary N) is 3. The first kappa shape index (κ1) is 59.4. The molecule has 0 saturated carbocycles. The van der Waals surface area contributed by atoms with Crippen LogP contribution in [-0.4, -0.2) is 61.4 Å². The second kappa shape index (κ2) is 28.3. The van der Waals surface area contributed by atoms with Crippen LogP contribution in [-0.2, 0) is 43.8 Å². The Morgan fingerprint density at radius 3 is 1.88 bits per heavy atom. The van der Waals surface area contributed by atoms with Crippen LogP contribution in [0.1, 0.15) is 18.2 Å². The summed E-state index contributed by atoms with van der Waals surface area (Å²) in [5, 5.41) is 39.7. The van der Waals surface area contributed by atoms with E-state index in [1.165, 1.54) is 38.4 Å². The molecular weight excluding hydrogens is 953 g/mol. The van der Waals surface area contributed by atoms with E-state index < -0.39 is 52.9 Å². The number of anilines is 1. The van der Waals surface area contributed by atoms with Gasteiger partial charge in [0.15, 0.2) is 0 Å². The summed E-state index contributed by atoms with van der Waals surface area (Å²) < 4.78 is 81.7. The number of nitrogens with zero attached hydrogens (tertiary/aromatic N) is 3. The number of carbonyl (C=O) groups excluding carboxylic acids is 1. The summed E-state index contributed by atoms with van der Waals surface area (Å²) in [5.41, 5.74) is -1.71. The Labute approximate surface area is 510 Å². The Morgan fingerprint density at radius 1 is 0.845 bits per heavy atom. The molecule has 28 heteroatoms. The number of H-pyrrole nitrogens is 1. The van der Waals surface area contributed by atoms with Crippen molar-refractivity contribution in [2.45, 2.75) is 26.5 Å².